The van der Waals surface area contributed by atoms with E-state index in [2.05, 4.69) is 29.6 Å². The van der Waals surface area contributed by atoms with Crippen LogP contribution in [0.4, 0.5) is 0 Å². The highest BCUT2D eigenvalue weighted by molar-refractivity contribution is 5.73. The SMILES string of the molecule is CC(=O)NC(CCC12CC3CC(CC(C3)C1)C2)c1ccccc1. The Morgan fingerprint density at radius 2 is 1.65 bits per heavy atom. The fourth-order valence-corrected chi connectivity index (χ4v) is 6.30. The van der Waals surface area contributed by atoms with E-state index in [-0.39, 0.29) is 11.9 Å². The summed E-state index contributed by atoms with van der Waals surface area (Å²) in [5, 5.41) is 3.19. The summed E-state index contributed by atoms with van der Waals surface area (Å²) >= 11 is 0. The van der Waals surface area contributed by atoms with Gasteiger partial charge >= 0.3 is 0 Å². The number of hydrogen-bond donors (Lipinski definition) is 1. The molecule has 4 bridgehead atoms. The molecule has 1 N–H and O–H groups in total. The van der Waals surface area contributed by atoms with E-state index in [4.69, 9.17) is 0 Å². The summed E-state index contributed by atoms with van der Waals surface area (Å²) < 4.78 is 0. The number of hydrogen-bond acceptors (Lipinski definition) is 1. The molecule has 2 nitrogen and oxygen atoms in total. The van der Waals surface area contributed by atoms with Gasteiger partial charge in [-0.1, -0.05) is 30.3 Å². The molecule has 0 aliphatic heterocycles. The monoisotopic (exact) mass is 311 g/mol. The molecule has 1 aromatic rings. The molecule has 23 heavy (non-hydrogen) atoms. The van der Waals surface area contributed by atoms with Crippen LogP contribution in [0.25, 0.3) is 0 Å². The molecule has 1 amide bonds. The average molecular weight is 311 g/mol. The van der Waals surface area contributed by atoms with Crippen molar-refractivity contribution >= 4 is 5.91 Å². The van der Waals surface area contributed by atoms with Crippen LogP contribution in [0.1, 0.15) is 69.9 Å². The molecule has 0 radical (unpaired) electrons. The fourth-order valence-electron chi connectivity index (χ4n) is 6.30. The standard InChI is InChI=1S/C21H29NO/c1-15(23)22-20(19-5-3-2-4-6-19)7-8-21-12-16-9-17(13-21)11-18(10-16)14-21/h2-6,16-18,20H,7-14H2,1H3,(H,22,23). The zero-order chi connectivity index (χ0) is 15.9. The Hall–Kier alpha value is -1.31. The smallest absolute Gasteiger partial charge is 0.217 e. The van der Waals surface area contributed by atoms with E-state index < -0.39 is 0 Å². The Bertz CT molecular complexity index is 529. The number of rotatable bonds is 5. The van der Waals surface area contributed by atoms with Gasteiger partial charge in [-0.2, -0.15) is 0 Å². The van der Waals surface area contributed by atoms with Crippen LogP contribution in [0.2, 0.25) is 0 Å². The van der Waals surface area contributed by atoms with E-state index in [1.54, 1.807) is 6.92 Å². The highest BCUT2D eigenvalue weighted by atomic mass is 16.1. The van der Waals surface area contributed by atoms with Crippen LogP contribution >= 0.6 is 0 Å². The highest BCUT2D eigenvalue weighted by Gasteiger charge is 2.50. The first-order valence-electron chi connectivity index (χ1n) is 9.44. The summed E-state index contributed by atoms with van der Waals surface area (Å²) in [5.41, 5.74) is 1.85. The van der Waals surface area contributed by atoms with Crippen molar-refractivity contribution in [3.8, 4) is 0 Å². The van der Waals surface area contributed by atoms with Gasteiger partial charge in [0.1, 0.15) is 0 Å². The van der Waals surface area contributed by atoms with Crippen LogP contribution in [-0.4, -0.2) is 5.91 Å². The maximum absolute atomic E-state index is 11.6. The number of benzene rings is 1. The minimum Gasteiger partial charge on any atom is -0.350 e. The first kappa shape index (κ1) is 15.2. The van der Waals surface area contributed by atoms with Gasteiger partial charge in [-0.15, -0.1) is 0 Å². The third-order valence-corrected chi connectivity index (χ3v) is 6.71. The van der Waals surface area contributed by atoms with Gasteiger partial charge in [0.15, 0.2) is 0 Å². The third kappa shape index (κ3) is 3.18. The topological polar surface area (TPSA) is 29.1 Å². The maximum Gasteiger partial charge on any atom is 0.217 e. The van der Waals surface area contributed by atoms with Gasteiger partial charge in [0.05, 0.1) is 6.04 Å². The predicted octanol–water partition coefficient (Wildman–Crippen LogP) is 4.86. The Labute approximate surface area is 140 Å². The molecule has 0 spiro atoms. The van der Waals surface area contributed by atoms with Crippen LogP contribution in [0.3, 0.4) is 0 Å². The lowest BCUT2D eigenvalue weighted by atomic mass is 9.48. The van der Waals surface area contributed by atoms with Gasteiger partial charge in [-0.3, -0.25) is 4.79 Å². The van der Waals surface area contributed by atoms with Crippen molar-refractivity contribution in [2.45, 2.75) is 64.3 Å². The minimum atomic E-state index is 0.0874. The lowest BCUT2D eigenvalue weighted by Crippen LogP contribution is -2.46. The van der Waals surface area contributed by atoms with Crippen LogP contribution in [0.15, 0.2) is 30.3 Å². The zero-order valence-electron chi connectivity index (χ0n) is 14.3. The van der Waals surface area contributed by atoms with Crippen LogP contribution in [-0.2, 0) is 4.79 Å². The molecule has 4 fully saturated rings. The third-order valence-electron chi connectivity index (χ3n) is 6.71. The van der Waals surface area contributed by atoms with Crippen molar-refractivity contribution in [2.24, 2.45) is 23.2 Å². The average Bonchev–Trinajstić information content (AvgIpc) is 2.51. The van der Waals surface area contributed by atoms with Crippen molar-refractivity contribution < 1.29 is 4.79 Å². The van der Waals surface area contributed by atoms with E-state index in [1.165, 1.54) is 50.5 Å². The molecular formula is C21H29NO. The molecular weight excluding hydrogens is 282 g/mol. The van der Waals surface area contributed by atoms with Crippen molar-refractivity contribution in [2.75, 3.05) is 0 Å². The summed E-state index contributed by atoms with van der Waals surface area (Å²) in [7, 11) is 0. The molecule has 1 unspecified atom stereocenters. The van der Waals surface area contributed by atoms with Crippen LogP contribution < -0.4 is 5.32 Å². The van der Waals surface area contributed by atoms with Gasteiger partial charge in [-0.25, -0.2) is 0 Å². The maximum atomic E-state index is 11.6. The van der Waals surface area contributed by atoms with E-state index in [0.717, 1.165) is 24.2 Å². The second kappa shape index (κ2) is 5.96. The van der Waals surface area contributed by atoms with Gasteiger partial charge in [0.25, 0.3) is 0 Å². The van der Waals surface area contributed by atoms with Crippen molar-refractivity contribution in [1.29, 1.82) is 0 Å². The largest absolute Gasteiger partial charge is 0.350 e. The Morgan fingerprint density at radius 1 is 1.09 bits per heavy atom. The van der Waals surface area contributed by atoms with Crippen LogP contribution in [0, 0.1) is 23.2 Å². The molecule has 2 heteroatoms. The predicted molar refractivity (Wildman–Crippen MR) is 92.8 cm³/mol. The molecule has 124 valence electrons. The normalized spacial score (nSPS) is 36.0. The van der Waals surface area contributed by atoms with Gasteiger partial charge in [0, 0.05) is 6.92 Å². The molecule has 1 atom stereocenters. The summed E-state index contributed by atoms with van der Waals surface area (Å²) in [4.78, 5) is 11.6. The lowest BCUT2D eigenvalue weighted by Gasteiger charge is -2.57. The Morgan fingerprint density at radius 3 is 2.17 bits per heavy atom. The van der Waals surface area contributed by atoms with E-state index in [0.29, 0.717) is 5.41 Å². The van der Waals surface area contributed by atoms with Gasteiger partial charge in [0.2, 0.25) is 5.91 Å². The highest BCUT2D eigenvalue weighted by Crippen LogP contribution is 2.61. The quantitative estimate of drug-likeness (QED) is 0.826. The molecule has 5 rings (SSSR count). The molecule has 0 saturated heterocycles. The van der Waals surface area contributed by atoms with E-state index in [9.17, 15) is 4.79 Å². The van der Waals surface area contributed by atoms with E-state index in [1.807, 2.05) is 6.07 Å². The molecule has 0 heterocycles. The second-order valence-corrected chi connectivity index (χ2v) is 8.62. The summed E-state index contributed by atoms with van der Waals surface area (Å²) in [6.45, 7) is 1.64. The number of nitrogens with one attached hydrogen (secondary N) is 1. The van der Waals surface area contributed by atoms with Gasteiger partial charge < -0.3 is 5.32 Å². The Kier molecular flexibility index (Phi) is 3.95. The lowest BCUT2D eigenvalue weighted by molar-refractivity contribution is -0.120. The number of amides is 1. The summed E-state index contributed by atoms with van der Waals surface area (Å²) in [6.07, 6.45) is 11.3. The molecule has 0 aromatic heterocycles. The zero-order valence-corrected chi connectivity index (χ0v) is 14.3. The fraction of sp³-hybridized carbons (Fsp3) is 0.667. The molecule has 1 aromatic carbocycles. The molecule has 4 aliphatic carbocycles. The number of carbonyl (C=O) groups excluding carboxylic acids is 1. The first-order chi connectivity index (χ1) is 11.1. The summed E-state index contributed by atoms with van der Waals surface area (Å²) in [6, 6.07) is 10.7. The van der Waals surface area contributed by atoms with Crippen molar-refractivity contribution in [3.05, 3.63) is 35.9 Å². The summed E-state index contributed by atoms with van der Waals surface area (Å²) in [5.74, 6) is 3.12. The van der Waals surface area contributed by atoms with Crippen LogP contribution in [0.5, 0.6) is 0 Å². The minimum absolute atomic E-state index is 0.0874. The first-order valence-corrected chi connectivity index (χ1v) is 9.44. The van der Waals surface area contributed by atoms with E-state index >= 15 is 0 Å². The molecule has 4 aliphatic rings. The van der Waals surface area contributed by atoms with Gasteiger partial charge in [-0.05, 0) is 80.1 Å². The molecule has 4 saturated carbocycles. The van der Waals surface area contributed by atoms with Crippen molar-refractivity contribution in [3.63, 3.8) is 0 Å². The number of carbonyl (C=O) groups is 1. The Balaban J connectivity index is 1.46. The van der Waals surface area contributed by atoms with Crippen molar-refractivity contribution in [1.82, 2.24) is 5.32 Å². The second-order valence-electron chi connectivity index (χ2n) is 8.62.